The van der Waals surface area contributed by atoms with Crippen LogP contribution in [0.1, 0.15) is 31.8 Å². The first-order chi connectivity index (χ1) is 17.0. The molecule has 0 spiro atoms. The molecule has 4 nitrogen and oxygen atoms in total. The summed E-state index contributed by atoms with van der Waals surface area (Å²) < 4.78 is 0. The molecule has 0 fully saturated rings. The molecule has 0 N–H and O–H groups in total. The molecule has 0 aliphatic carbocycles. The smallest absolute Gasteiger partial charge is 0.188 e. The molecular weight excluding hydrogens is 456 g/mol. The minimum atomic E-state index is -0.845. The lowest BCUT2D eigenvalue weighted by Crippen LogP contribution is -2.44. The van der Waals surface area contributed by atoms with E-state index in [0.29, 0.717) is 21.9 Å². The van der Waals surface area contributed by atoms with Crippen LogP contribution in [0.2, 0.25) is 5.02 Å². The van der Waals surface area contributed by atoms with Crippen molar-refractivity contribution in [3.8, 4) is 0 Å². The van der Waals surface area contributed by atoms with Gasteiger partial charge in [0.25, 0.3) is 0 Å². The van der Waals surface area contributed by atoms with Crippen LogP contribution in [0.4, 0.5) is 5.69 Å². The quantitative estimate of drug-likeness (QED) is 0.292. The Morgan fingerprint density at radius 1 is 0.714 bits per heavy atom. The molecule has 1 heterocycles. The number of hydrogen-bond donors (Lipinski definition) is 0. The van der Waals surface area contributed by atoms with Crippen molar-refractivity contribution in [3.05, 3.63) is 136 Å². The predicted molar refractivity (Wildman–Crippen MR) is 140 cm³/mol. The lowest BCUT2D eigenvalue weighted by atomic mass is 9.81. The average molecular weight is 479 g/mol. The summed E-state index contributed by atoms with van der Waals surface area (Å²) in [5, 5.41) is 7.14. The first kappa shape index (κ1) is 22.8. The standard InChI is InChI=1S/C30H23ClN2O2/c1-20-12-14-22(15-13-20)29(34)26-27(21-8-4-2-5-9-21)32-33(25-10-6-3-7-11-25)28(26)30(35)23-16-18-24(31)19-17-23/h2-19,26,28H,1H3/t26-,28-/m1/s1. The maximum absolute atomic E-state index is 14.0. The number of benzene rings is 4. The summed E-state index contributed by atoms with van der Waals surface area (Å²) in [5.74, 6) is -1.12. The first-order valence-corrected chi connectivity index (χ1v) is 11.8. The Morgan fingerprint density at radius 3 is 1.89 bits per heavy atom. The summed E-state index contributed by atoms with van der Waals surface area (Å²) in [6.45, 7) is 1.98. The minimum Gasteiger partial charge on any atom is -0.293 e. The van der Waals surface area contributed by atoms with E-state index in [-0.39, 0.29) is 11.6 Å². The lowest BCUT2D eigenvalue weighted by Gasteiger charge is -2.26. The molecule has 35 heavy (non-hydrogen) atoms. The number of ketones is 2. The van der Waals surface area contributed by atoms with Gasteiger partial charge in [-0.2, -0.15) is 5.10 Å². The number of halogens is 1. The predicted octanol–water partition coefficient (Wildman–Crippen LogP) is 6.62. The highest BCUT2D eigenvalue weighted by Crippen LogP contribution is 2.35. The van der Waals surface area contributed by atoms with Gasteiger partial charge in [0.05, 0.1) is 17.3 Å². The fraction of sp³-hybridized carbons (Fsp3) is 0.100. The third-order valence-corrected chi connectivity index (χ3v) is 6.45. The Bertz CT molecular complexity index is 1380. The molecule has 0 bridgehead atoms. The van der Waals surface area contributed by atoms with Gasteiger partial charge in [-0.1, -0.05) is 90.0 Å². The van der Waals surface area contributed by atoms with E-state index in [1.54, 1.807) is 29.3 Å². The van der Waals surface area contributed by atoms with Crippen molar-refractivity contribution < 1.29 is 9.59 Å². The molecule has 5 rings (SSSR count). The van der Waals surface area contributed by atoms with Crippen LogP contribution < -0.4 is 5.01 Å². The van der Waals surface area contributed by atoms with Crippen LogP contribution in [0.15, 0.2) is 114 Å². The van der Waals surface area contributed by atoms with Gasteiger partial charge in [-0.25, -0.2) is 0 Å². The zero-order valence-electron chi connectivity index (χ0n) is 19.1. The van der Waals surface area contributed by atoms with Crippen molar-refractivity contribution in [1.82, 2.24) is 0 Å². The maximum Gasteiger partial charge on any atom is 0.188 e. The van der Waals surface area contributed by atoms with Gasteiger partial charge < -0.3 is 0 Å². The highest BCUT2D eigenvalue weighted by atomic mass is 35.5. The van der Waals surface area contributed by atoms with Crippen LogP contribution >= 0.6 is 11.6 Å². The van der Waals surface area contributed by atoms with E-state index in [2.05, 4.69) is 0 Å². The van der Waals surface area contributed by atoms with E-state index >= 15 is 0 Å². The molecule has 4 aromatic carbocycles. The van der Waals surface area contributed by atoms with Crippen molar-refractivity contribution >= 4 is 34.6 Å². The van der Waals surface area contributed by atoms with Crippen LogP contribution in [0.3, 0.4) is 0 Å². The van der Waals surface area contributed by atoms with Crippen molar-refractivity contribution in [1.29, 1.82) is 0 Å². The van der Waals surface area contributed by atoms with Crippen LogP contribution in [-0.2, 0) is 0 Å². The summed E-state index contributed by atoms with van der Waals surface area (Å²) in [7, 11) is 0. The van der Waals surface area contributed by atoms with Crippen molar-refractivity contribution in [2.24, 2.45) is 11.0 Å². The zero-order chi connectivity index (χ0) is 24.4. The van der Waals surface area contributed by atoms with Crippen LogP contribution in [0, 0.1) is 12.8 Å². The van der Waals surface area contributed by atoms with Crippen molar-refractivity contribution in [2.75, 3.05) is 5.01 Å². The molecule has 0 unspecified atom stereocenters. The number of carbonyl (C=O) groups is 2. The Labute approximate surface area is 209 Å². The molecule has 4 aromatic rings. The van der Waals surface area contributed by atoms with E-state index in [1.807, 2.05) is 91.9 Å². The number of anilines is 1. The van der Waals surface area contributed by atoms with Gasteiger partial charge in [-0.3, -0.25) is 14.6 Å². The van der Waals surface area contributed by atoms with Crippen molar-refractivity contribution in [3.63, 3.8) is 0 Å². The van der Waals surface area contributed by atoms with Gasteiger partial charge in [-0.05, 0) is 48.9 Å². The minimum absolute atomic E-state index is 0.140. The van der Waals surface area contributed by atoms with E-state index in [9.17, 15) is 9.59 Å². The monoisotopic (exact) mass is 478 g/mol. The number of hydrogen-bond acceptors (Lipinski definition) is 4. The summed E-state index contributed by atoms with van der Waals surface area (Å²) in [5.41, 5.74) is 4.22. The number of Topliss-reactive ketones (excluding diaryl/α,β-unsaturated/α-hetero) is 2. The molecule has 5 heteroatoms. The number of nitrogens with zero attached hydrogens (tertiary/aromatic N) is 2. The fourth-order valence-corrected chi connectivity index (χ4v) is 4.51. The Balaban J connectivity index is 1.68. The third kappa shape index (κ3) is 4.53. The second-order valence-corrected chi connectivity index (χ2v) is 8.99. The topological polar surface area (TPSA) is 49.7 Å². The third-order valence-electron chi connectivity index (χ3n) is 6.20. The van der Waals surface area contributed by atoms with Gasteiger partial charge >= 0.3 is 0 Å². The zero-order valence-corrected chi connectivity index (χ0v) is 19.9. The first-order valence-electron chi connectivity index (χ1n) is 11.4. The van der Waals surface area contributed by atoms with Crippen LogP contribution in [0.5, 0.6) is 0 Å². The van der Waals surface area contributed by atoms with Crippen molar-refractivity contribution in [2.45, 2.75) is 13.0 Å². The highest BCUT2D eigenvalue weighted by Gasteiger charge is 2.47. The van der Waals surface area contributed by atoms with Gasteiger partial charge in [0.15, 0.2) is 11.6 Å². The average Bonchev–Trinajstić information content (AvgIpc) is 3.30. The van der Waals surface area contributed by atoms with Crippen LogP contribution in [-0.4, -0.2) is 23.3 Å². The van der Waals surface area contributed by atoms with Gasteiger partial charge in [0.2, 0.25) is 0 Å². The normalized spacial score (nSPS) is 17.2. The lowest BCUT2D eigenvalue weighted by molar-refractivity contribution is 0.0868. The van der Waals surface area contributed by atoms with Crippen LogP contribution in [0.25, 0.3) is 0 Å². The van der Waals surface area contributed by atoms with E-state index in [4.69, 9.17) is 16.7 Å². The number of rotatable bonds is 6. The van der Waals surface area contributed by atoms with E-state index in [0.717, 1.165) is 16.8 Å². The molecule has 0 amide bonds. The highest BCUT2D eigenvalue weighted by molar-refractivity contribution is 6.30. The summed E-state index contributed by atoms with van der Waals surface area (Å²) in [6, 6.07) is 32.4. The molecule has 0 radical (unpaired) electrons. The summed E-state index contributed by atoms with van der Waals surface area (Å²) in [6.07, 6.45) is 0. The molecule has 0 saturated heterocycles. The number of hydrazone groups is 1. The summed E-state index contributed by atoms with van der Waals surface area (Å²) in [4.78, 5) is 28.0. The number of aryl methyl sites for hydroxylation is 1. The molecule has 2 atom stereocenters. The molecule has 0 aromatic heterocycles. The van der Waals surface area contributed by atoms with E-state index < -0.39 is 12.0 Å². The number of para-hydroxylation sites is 1. The number of carbonyl (C=O) groups excluding carboxylic acids is 2. The summed E-state index contributed by atoms with van der Waals surface area (Å²) >= 11 is 6.08. The van der Waals surface area contributed by atoms with Gasteiger partial charge in [0, 0.05) is 16.1 Å². The Hall–Kier alpha value is -4.02. The van der Waals surface area contributed by atoms with Gasteiger partial charge in [-0.15, -0.1) is 0 Å². The Kier molecular flexibility index (Phi) is 6.30. The Morgan fingerprint density at radius 2 is 1.26 bits per heavy atom. The van der Waals surface area contributed by atoms with E-state index in [1.165, 1.54) is 0 Å². The largest absolute Gasteiger partial charge is 0.293 e. The molecule has 1 aliphatic heterocycles. The fourth-order valence-electron chi connectivity index (χ4n) is 4.39. The second-order valence-electron chi connectivity index (χ2n) is 8.56. The SMILES string of the molecule is Cc1ccc(C(=O)[C@@H]2C(c3ccccc3)=NN(c3ccccc3)[C@H]2C(=O)c2ccc(Cl)cc2)cc1. The van der Waals surface area contributed by atoms with Gasteiger partial charge in [0.1, 0.15) is 6.04 Å². The molecule has 172 valence electrons. The molecular formula is C30H23ClN2O2. The molecule has 1 aliphatic rings. The molecule has 0 saturated carbocycles. The maximum atomic E-state index is 14.0. The second kappa shape index (κ2) is 9.69.